The molecule has 6 nitrogen and oxygen atoms in total. The van der Waals surface area contributed by atoms with Gasteiger partial charge in [-0.1, -0.05) is 48.0 Å². The number of carbonyl (C=O) groups is 1. The second kappa shape index (κ2) is 10.4. The number of benzene rings is 2. The monoisotopic (exact) mass is 444 g/mol. The van der Waals surface area contributed by atoms with E-state index in [1.165, 1.54) is 0 Å². The molecular weight excluding hydrogens is 412 g/mol. The average Bonchev–Trinajstić information content (AvgIpc) is 2.75. The fourth-order valence-corrected chi connectivity index (χ4v) is 5.54. The summed E-state index contributed by atoms with van der Waals surface area (Å²) >= 11 is 0. The molecule has 0 spiro atoms. The van der Waals surface area contributed by atoms with Gasteiger partial charge in [0, 0.05) is 18.6 Å². The van der Waals surface area contributed by atoms with Crippen molar-refractivity contribution in [3.8, 4) is 0 Å². The van der Waals surface area contributed by atoms with E-state index < -0.39 is 15.6 Å². The van der Waals surface area contributed by atoms with Crippen molar-refractivity contribution in [1.29, 1.82) is 0 Å². The highest BCUT2D eigenvalue weighted by Crippen LogP contribution is 2.34. The number of hydrogen-bond donors (Lipinski definition) is 2. The number of nitrogens with one attached hydrogen (secondary N) is 2. The van der Waals surface area contributed by atoms with Gasteiger partial charge >= 0.3 is 5.97 Å². The topological polar surface area (TPSA) is 84.5 Å². The molecule has 168 valence electrons. The van der Waals surface area contributed by atoms with Gasteiger partial charge in [0.05, 0.1) is 17.4 Å². The van der Waals surface area contributed by atoms with Crippen LogP contribution in [0.1, 0.15) is 43.7 Å². The quantitative estimate of drug-likeness (QED) is 0.578. The molecule has 0 bridgehead atoms. The van der Waals surface area contributed by atoms with E-state index >= 15 is 0 Å². The fourth-order valence-electron chi connectivity index (χ4n) is 4.08. The van der Waals surface area contributed by atoms with Gasteiger partial charge in [0.15, 0.2) is 0 Å². The van der Waals surface area contributed by atoms with Crippen molar-refractivity contribution >= 4 is 16.0 Å². The molecule has 3 rings (SSSR count). The standard InChI is InChI=1S/C24H32N2O4S/c1-3-30-23(27)21-13-15-24(16-14-21,18-25-17-20-7-5-4-6-8-20)26-31(28,29)22-11-9-19(2)10-12-22/h4-12,21,25-26H,3,13-18H2,1-2H3. The molecule has 1 aliphatic carbocycles. The molecule has 0 radical (unpaired) electrons. The molecule has 31 heavy (non-hydrogen) atoms. The highest BCUT2D eigenvalue weighted by atomic mass is 32.2. The Morgan fingerprint density at radius 2 is 1.71 bits per heavy atom. The van der Waals surface area contributed by atoms with Crippen molar-refractivity contribution in [3.05, 3.63) is 65.7 Å². The molecule has 0 amide bonds. The zero-order valence-electron chi connectivity index (χ0n) is 18.3. The Balaban J connectivity index is 1.74. The normalized spacial score (nSPS) is 21.5. The van der Waals surface area contributed by atoms with Crippen molar-refractivity contribution in [2.75, 3.05) is 13.2 Å². The summed E-state index contributed by atoms with van der Waals surface area (Å²) in [7, 11) is -3.68. The van der Waals surface area contributed by atoms with Gasteiger partial charge in [0.2, 0.25) is 10.0 Å². The minimum atomic E-state index is -3.68. The molecular formula is C24H32N2O4S. The number of sulfonamides is 1. The minimum Gasteiger partial charge on any atom is -0.466 e. The van der Waals surface area contributed by atoms with Crippen LogP contribution in [-0.4, -0.2) is 33.1 Å². The molecule has 0 aromatic heterocycles. The molecule has 0 unspecified atom stereocenters. The third kappa shape index (κ3) is 6.38. The Morgan fingerprint density at radius 1 is 1.06 bits per heavy atom. The van der Waals surface area contributed by atoms with E-state index in [0.717, 1.165) is 11.1 Å². The number of aryl methyl sites for hydroxylation is 1. The van der Waals surface area contributed by atoms with E-state index in [4.69, 9.17) is 4.74 Å². The summed E-state index contributed by atoms with van der Waals surface area (Å²) in [5.41, 5.74) is 1.49. The van der Waals surface area contributed by atoms with Gasteiger partial charge in [0.25, 0.3) is 0 Å². The molecule has 1 saturated carbocycles. The number of carbonyl (C=O) groups excluding carboxylic acids is 1. The second-order valence-electron chi connectivity index (χ2n) is 8.31. The largest absolute Gasteiger partial charge is 0.466 e. The van der Waals surface area contributed by atoms with Crippen molar-refractivity contribution in [3.63, 3.8) is 0 Å². The summed E-state index contributed by atoms with van der Waals surface area (Å²) in [6.45, 7) is 5.22. The lowest BCUT2D eigenvalue weighted by Crippen LogP contribution is -2.56. The van der Waals surface area contributed by atoms with Crippen LogP contribution >= 0.6 is 0 Å². The second-order valence-corrected chi connectivity index (χ2v) is 10.00. The lowest BCUT2D eigenvalue weighted by Gasteiger charge is -2.40. The van der Waals surface area contributed by atoms with Gasteiger partial charge in [-0.2, -0.15) is 0 Å². The Hall–Kier alpha value is -2.22. The van der Waals surface area contributed by atoms with E-state index in [0.29, 0.717) is 45.4 Å². The number of rotatable bonds is 9. The summed E-state index contributed by atoms with van der Waals surface area (Å²) in [4.78, 5) is 12.4. The smallest absolute Gasteiger partial charge is 0.308 e. The first-order valence-electron chi connectivity index (χ1n) is 10.9. The van der Waals surface area contributed by atoms with Gasteiger partial charge in [-0.25, -0.2) is 13.1 Å². The fraction of sp³-hybridized carbons (Fsp3) is 0.458. The molecule has 2 N–H and O–H groups in total. The Kier molecular flexibility index (Phi) is 7.86. The van der Waals surface area contributed by atoms with Crippen LogP contribution in [0.3, 0.4) is 0 Å². The highest BCUT2D eigenvalue weighted by Gasteiger charge is 2.40. The maximum Gasteiger partial charge on any atom is 0.308 e. The predicted molar refractivity (Wildman–Crippen MR) is 121 cm³/mol. The molecule has 7 heteroatoms. The number of ether oxygens (including phenoxy) is 1. The lowest BCUT2D eigenvalue weighted by atomic mass is 9.77. The van der Waals surface area contributed by atoms with Gasteiger partial charge in [-0.15, -0.1) is 0 Å². The third-order valence-corrected chi connectivity index (χ3v) is 7.47. The predicted octanol–water partition coefficient (Wildman–Crippen LogP) is 3.56. The molecule has 1 fully saturated rings. The summed E-state index contributed by atoms with van der Waals surface area (Å²) < 4.78 is 34.4. The zero-order valence-corrected chi connectivity index (χ0v) is 19.1. The zero-order chi connectivity index (χ0) is 22.3. The molecule has 0 saturated heterocycles. The van der Waals surface area contributed by atoms with E-state index in [1.54, 1.807) is 31.2 Å². The third-order valence-electron chi connectivity index (χ3n) is 5.88. The van der Waals surface area contributed by atoms with Crippen LogP contribution in [0.25, 0.3) is 0 Å². The van der Waals surface area contributed by atoms with Gasteiger partial charge in [-0.3, -0.25) is 4.79 Å². The minimum absolute atomic E-state index is 0.175. The van der Waals surface area contributed by atoms with Crippen LogP contribution in [0.2, 0.25) is 0 Å². The van der Waals surface area contributed by atoms with E-state index in [1.807, 2.05) is 37.3 Å². The first-order chi connectivity index (χ1) is 14.8. The van der Waals surface area contributed by atoms with Gasteiger partial charge < -0.3 is 10.1 Å². The van der Waals surface area contributed by atoms with Crippen molar-refractivity contribution in [2.24, 2.45) is 5.92 Å². The molecule has 2 aromatic rings. The molecule has 2 aromatic carbocycles. The van der Waals surface area contributed by atoms with Gasteiger partial charge in [-0.05, 0) is 57.2 Å². The van der Waals surface area contributed by atoms with Crippen LogP contribution in [0.15, 0.2) is 59.5 Å². The summed E-state index contributed by atoms with van der Waals surface area (Å²) in [5.74, 6) is -0.360. The molecule has 0 atom stereocenters. The van der Waals surface area contributed by atoms with Crippen LogP contribution in [0, 0.1) is 12.8 Å². The van der Waals surface area contributed by atoms with Crippen molar-refractivity contribution in [1.82, 2.24) is 10.0 Å². The van der Waals surface area contributed by atoms with Crippen LogP contribution in [0.5, 0.6) is 0 Å². The Labute approximate surface area is 185 Å². The maximum absolute atomic E-state index is 13.1. The Bertz CT molecular complexity index is 951. The van der Waals surface area contributed by atoms with Crippen molar-refractivity contribution in [2.45, 2.75) is 56.5 Å². The molecule has 1 aliphatic rings. The van der Waals surface area contributed by atoms with Crippen molar-refractivity contribution < 1.29 is 17.9 Å². The van der Waals surface area contributed by atoms with Crippen LogP contribution in [0.4, 0.5) is 0 Å². The first-order valence-corrected chi connectivity index (χ1v) is 12.3. The number of esters is 1. The maximum atomic E-state index is 13.1. The molecule has 0 heterocycles. The lowest BCUT2D eigenvalue weighted by molar-refractivity contribution is -0.149. The van der Waals surface area contributed by atoms with Gasteiger partial charge in [0.1, 0.15) is 0 Å². The highest BCUT2D eigenvalue weighted by molar-refractivity contribution is 7.89. The SMILES string of the molecule is CCOC(=O)C1CCC(CNCc2ccccc2)(NS(=O)(=O)c2ccc(C)cc2)CC1. The number of hydrogen-bond acceptors (Lipinski definition) is 5. The summed E-state index contributed by atoms with van der Waals surface area (Å²) in [5, 5.41) is 3.42. The summed E-state index contributed by atoms with van der Waals surface area (Å²) in [6, 6.07) is 16.9. The van der Waals surface area contributed by atoms with Crippen LogP contribution < -0.4 is 10.0 Å². The van der Waals surface area contributed by atoms with Crippen LogP contribution in [-0.2, 0) is 26.1 Å². The summed E-state index contributed by atoms with van der Waals surface area (Å²) in [6.07, 6.45) is 2.34. The first kappa shape index (κ1) is 23.4. The average molecular weight is 445 g/mol. The Morgan fingerprint density at radius 3 is 2.32 bits per heavy atom. The van der Waals surface area contributed by atoms with E-state index in [9.17, 15) is 13.2 Å². The van der Waals surface area contributed by atoms with E-state index in [2.05, 4.69) is 10.0 Å². The molecule has 0 aliphatic heterocycles. The van der Waals surface area contributed by atoms with E-state index in [-0.39, 0.29) is 16.8 Å².